The Bertz CT molecular complexity index is 120. The van der Waals surface area contributed by atoms with Gasteiger partial charge in [0.05, 0.1) is 0 Å². The number of hydrogen-bond acceptors (Lipinski definition) is 0. The van der Waals surface area contributed by atoms with E-state index in [-0.39, 0.29) is 0 Å². The van der Waals surface area contributed by atoms with Crippen LogP contribution in [-0.2, 0) is 0 Å². The van der Waals surface area contributed by atoms with Crippen molar-refractivity contribution in [3.63, 3.8) is 0 Å². The molecule has 0 N–H and O–H groups in total. The number of alkyl halides is 1. The predicted octanol–water partition coefficient (Wildman–Crippen LogP) is 4.38. The quantitative estimate of drug-likeness (QED) is 0.634. The molecule has 1 aliphatic carbocycles. The van der Waals surface area contributed by atoms with Crippen molar-refractivity contribution in [3.8, 4) is 0 Å². The summed E-state index contributed by atoms with van der Waals surface area (Å²) >= 11 is 3.80. The molecule has 1 fully saturated rings. The molecule has 1 aliphatic rings. The second kappa shape index (κ2) is 5.26. The third kappa shape index (κ3) is 2.76. The Morgan fingerprint density at radius 3 is 2.67 bits per heavy atom. The lowest BCUT2D eigenvalue weighted by Gasteiger charge is -2.31. The summed E-state index contributed by atoms with van der Waals surface area (Å²) in [7, 11) is 0. The molecule has 72 valence electrons. The van der Waals surface area contributed by atoms with E-state index in [1.807, 2.05) is 0 Å². The van der Waals surface area contributed by atoms with Crippen LogP contribution in [0.3, 0.4) is 0 Å². The molecule has 3 unspecified atom stereocenters. The van der Waals surface area contributed by atoms with E-state index in [9.17, 15) is 0 Å². The fourth-order valence-corrected chi connectivity index (χ4v) is 2.85. The first-order valence-corrected chi connectivity index (χ1v) is 6.33. The summed E-state index contributed by atoms with van der Waals surface area (Å²) < 4.78 is 0. The lowest BCUT2D eigenvalue weighted by atomic mass is 9.78. The van der Waals surface area contributed by atoms with Gasteiger partial charge in [-0.3, -0.25) is 0 Å². The van der Waals surface area contributed by atoms with Gasteiger partial charge in [0.2, 0.25) is 0 Å². The van der Waals surface area contributed by atoms with E-state index < -0.39 is 0 Å². The molecule has 1 rings (SSSR count). The van der Waals surface area contributed by atoms with Gasteiger partial charge in [-0.05, 0) is 31.1 Å². The highest BCUT2D eigenvalue weighted by Crippen LogP contribution is 2.36. The largest absolute Gasteiger partial charge is 0.0888 e. The highest BCUT2D eigenvalue weighted by Gasteiger charge is 2.24. The molecule has 3 atom stereocenters. The molecule has 12 heavy (non-hydrogen) atoms. The van der Waals surface area contributed by atoms with E-state index in [0.717, 1.165) is 16.7 Å². The van der Waals surface area contributed by atoms with Gasteiger partial charge in [-0.2, -0.15) is 0 Å². The molecule has 0 heterocycles. The Kier molecular flexibility index (Phi) is 4.63. The molecule has 1 saturated carbocycles. The summed E-state index contributed by atoms with van der Waals surface area (Å²) in [6.07, 6.45) is 8.56. The van der Waals surface area contributed by atoms with Crippen LogP contribution in [-0.4, -0.2) is 4.83 Å². The smallest absolute Gasteiger partial charge is 0.0171 e. The standard InChI is InChI=1S/C11H21Br/c1-3-9-6-5-7-10(8-9)11(12)4-2/h9-11H,3-8H2,1-2H3. The third-order valence-electron chi connectivity index (χ3n) is 3.30. The lowest BCUT2D eigenvalue weighted by Crippen LogP contribution is -2.22. The van der Waals surface area contributed by atoms with Crippen LogP contribution in [0.4, 0.5) is 0 Å². The molecule has 0 aliphatic heterocycles. The molecular formula is C11H21Br. The van der Waals surface area contributed by atoms with Crippen LogP contribution in [0.15, 0.2) is 0 Å². The minimum absolute atomic E-state index is 0.784. The molecule has 1 heteroatoms. The number of rotatable bonds is 3. The van der Waals surface area contributed by atoms with Gasteiger partial charge in [0, 0.05) is 4.83 Å². The van der Waals surface area contributed by atoms with Gasteiger partial charge in [-0.25, -0.2) is 0 Å². The predicted molar refractivity (Wildman–Crippen MR) is 58.7 cm³/mol. The van der Waals surface area contributed by atoms with Crippen LogP contribution in [0.1, 0.15) is 52.4 Å². The van der Waals surface area contributed by atoms with Crippen molar-refractivity contribution in [2.45, 2.75) is 57.2 Å². The van der Waals surface area contributed by atoms with Crippen LogP contribution in [0.25, 0.3) is 0 Å². The first-order valence-electron chi connectivity index (χ1n) is 5.42. The van der Waals surface area contributed by atoms with E-state index in [0.29, 0.717) is 0 Å². The number of halogens is 1. The second-order valence-corrected chi connectivity index (χ2v) is 5.30. The topological polar surface area (TPSA) is 0 Å². The maximum absolute atomic E-state index is 3.80. The summed E-state index contributed by atoms with van der Waals surface area (Å²) in [5, 5.41) is 0. The molecule has 0 bridgehead atoms. The van der Waals surface area contributed by atoms with Crippen molar-refractivity contribution in [1.82, 2.24) is 0 Å². The molecule has 0 aromatic rings. The molecule has 0 amide bonds. The van der Waals surface area contributed by atoms with E-state index in [4.69, 9.17) is 0 Å². The Morgan fingerprint density at radius 1 is 1.33 bits per heavy atom. The molecule has 0 radical (unpaired) electrons. The van der Waals surface area contributed by atoms with Crippen molar-refractivity contribution in [3.05, 3.63) is 0 Å². The van der Waals surface area contributed by atoms with Gasteiger partial charge in [0.1, 0.15) is 0 Å². The second-order valence-electron chi connectivity index (χ2n) is 4.13. The van der Waals surface area contributed by atoms with Crippen LogP contribution < -0.4 is 0 Å². The SMILES string of the molecule is CCC1CCCC(C(Br)CC)C1. The molecule has 0 nitrogen and oxygen atoms in total. The van der Waals surface area contributed by atoms with Crippen molar-refractivity contribution >= 4 is 15.9 Å². The molecular weight excluding hydrogens is 212 g/mol. The van der Waals surface area contributed by atoms with Gasteiger partial charge in [0.25, 0.3) is 0 Å². The molecule has 0 saturated heterocycles. The zero-order chi connectivity index (χ0) is 8.97. The monoisotopic (exact) mass is 232 g/mol. The van der Waals surface area contributed by atoms with Crippen LogP contribution in [0.5, 0.6) is 0 Å². The van der Waals surface area contributed by atoms with Crippen LogP contribution >= 0.6 is 15.9 Å². The summed E-state index contributed by atoms with van der Waals surface area (Å²) in [4.78, 5) is 0.784. The van der Waals surface area contributed by atoms with Crippen LogP contribution in [0, 0.1) is 11.8 Å². The van der Waals surface area contributed by atoms with Crippen molar-refractivity contribution in [2.75, 3.05) is 0 Å². The van der Waals surface area contributed by atoms with Crippen molar-refractivity contribution in [2.24, 2.45) is 11.8 Å². The fraction of sp³-hybridized carbons (Fsp3) is 1.00. The van der Waals surface area contributed by atoms with Gasteiger partial charge >= 0.3 is 0 Å². The number of hydrogen-bond donors (Lipinski definition) is 0. The molecule has 0 aromatic carbocycles. The van der Waals surface area contributed by atoms with Gasteiger partial charge in [-0.1, -0.05) is 49.0 Å². The average Bonchev–Trinajstić information content (AvgIpc) is 2.17. The highest BCUT2D eigenvalue weighted by molar-refractivity contribution is 9.09. The van der Waals surface area contributed by atoms with E-state index in [1.165, 1.54) is 38.5 Å². The Balaban J connectivity index is 2.34. The fourth-order valence-electron chi connectivity index (χ4n) is 2.37. The first-order chi connectivity index (χ1) is 5.77. The average molecular weight is 233 g/mol. The normalized spacial score (nSPS) is 33.2. The zero-order valence-electron chi connectivity index (χ0n) is 8.35. The maximum atomic E-state index is 3.80. The van der Waals surface area contributed by atoms with Crippen molar-refractivity contribution in [1.29, 1.82) is 0 Å². The molecule has 0 spiro atoms. The maximum Gasteiger partial charge on any atom is 0.0171 e. The van der Waals surface area contributed by atoms with Gasteiger partial charge < -0.3 is 0 Å². The minimum atomic E-state index is 0.784. The Labute approximate surface area is 85.3 Å². The van der Waals surface area contributed by atoms with E-state index in [1.54, 1.807) is 0 Å². The van der Waals surface area contributed by atoms with E-state index >= 15 is 0 Å². The summed E-state index contributed by atoms with van der Waals surface area (Å²) in [5.41, 5.74) is 0. The summed E-state index contributed by atoms with van der Waals surface area (Å²) in [6, 6.07) is 0. The zero-order valence-corrected chi connectivity index (χ0v) is 9.94. The summed E-state index contributed by atoms with van der Waals surface area (Å²) in [5.74, 6) is 1.99. The highest BCUT2D eigenvalue weighted by atomic mass is 79.9. The third-order valence-corrected chi connectivity index (χ3v) is 4.70. The molecule has 0 aromatic heterocycles. The van der Waals surface area contributed by atoms with Crippen LogP contribution in [0.2, 0.25) is 0 Å². The summed E-state index contributed by atoms with van der Waals surface area (Å²) in [6.45, 7) is 4.62. The Hall–Kier alpha value is 0.480. The van der Waals surface area contributed by atoms with Crippen molar-refractivity contribution < 1.29 is 0 Å². The van der Waals surface area contributed by atoms with Gasteiger partial charge in [0.15, 0.2) is 0 Å². The Morgan fingerprint density at radius 2 is 2.08 bits per heavy atom. The minimum Gasteiger partial charge on any atom is -0.0888 e. The first kappa shape index (κ1) is 10.6. The van der Waals surface area contributed by atoms with E-state index in [2.05, 4.69) is 29.8 Å². The van der Waals surface area contributed by atoms with Gasteiger partial charge in [-0.15, -0.1) is 0 Å². The lowest BCUT2D eigenvalue weighted by molar-refractivity contribution is 0.255.